The number of hydrogen-bond acceptors (Lipinski definition) is 4. The van der Waals surface area contributed by atoms with Crippen LogP contribution in [-0.2, 0) is 24.3 Å². The van der Waals surface area contributed by atoms with E-state index in [0.29, 0.717) is 13.0 Å². The maximum atomic E-state index is 12.7. The largest absolute Gasteiger partial charge is 0.497 e. The molecule has 0 saturated carbocycles. The van der Waals surface area contributed by atoms with E-state index >= 15 is 0 Å². The van der Waals surface area contributed by atoms with Gasteiger partial charge in [0, 0.05) is 18.7 Å². The number of nitrogens with zero attached hydrogens (tertiary/aromatic N) is 3. The molecule has 1 amide bonds. The second kappa shape index (κ2) is 7.33. The number of hydrogen-bond donors (Lipinski definition) is 0. The van der Waals surface area contributed by atoms with Crippen LogP contribution in [0.15, 0.2) is 47.2 Å². The standard InChI is InChI=1S/C20H21N3O2S/c1-25-18-5-2-4-16(11-18)19-12-17-13-22(7-3-8-23(17)21-19)20(24)10-15-6-9-26-14-15/h2,4-6,9,11-12,14H,3,7-8,10,13H2,1H3. The van der Waals surface area contributed by atoms with Crippen molar-refractivity contribution in [2.24, 2.45) is 0 Å². The van der Waals surface area contributed by atoms with E-state index in [1.54, 1.807) is 18.4 Å². The number of methoxy groups -OCH3 is 1. The lowest BCUT2D eigenvalue weighted by atomic mass is 10.1. The molecule has 0 fully saturated rings. The van der Waals surface area contributed by atoms with Gasteiger partial charge in [0.1, 0.15) is 5.75 Å². The fourth-order valence-corrected chi connectivity index (χ4v) is 3.95. The molecule has 3 heterocycles. The van der Waals surface area contributed by atoms with Crippen LogP contribution < -0.4 is 4.74 Å². The van der Waals surface area contributed by atoms with Gasteiger partial charge in [-0.3, -0.25) is 9.48 Å². The number of aromatic nitrogens is 2. The molecular weight excluding hydrogens is 346 g/mol. The predicted molar refractivity (Wildman–Crippen MR) is 102 cm³/mol. The molecule has 1 aromatic carbocycles. The molecule has 1 aliphatic rings. The van der Waals surface area contributed by atoms with E-state index in [0.717, 1.165) is 47.8 Å². The Bertz CT molecular complexity index is 902. The minimum Gasteiger partial charge on any atom is -0.497 e. The van der Waals surface area contributed by atoms with Gasteiger partial charge < -0.3 is 9.64 Å². The SMILES string of the molecule is COc1cccc(-c2cc3n(n2)CCCN(C(=O)Cc2ccsc2)C3)c1. The molecule has 0 radical (unpaired) electrons. The zero-order valence-electron chi connectivity index (χ0n) is 14.7. The summed E-state index contributed by atoms with van der Waals surface area (Å²) in [6.45, 7) is 2.22. The number of rotatable bonds is 4. The van der Waals surface area contributed by atoms with Crippen molar-refractivity contribution < 1.29 is 9.53 Å². The summed E-state index contributed by atoms with van der Waals surface area (Å²) in [4.78, 5) is 14.6. The molecular formula is C20H21N3O2S. The Morgan fingerprint density at radius 2 is 2.19 bits per heavy atom. The summed E-state index contributed by atoms with van der Waals surface area (Å²) in [6.07, 6.45) is 1.39. The van der Waals surface area contributed by atoms with Gasteiger partial charge >= 0.3 is 0 Å². The van der Waals surface area contributed by atoms with Crippen LogP contribution in [0.1, 0.15) is 17.7 Å². The quantitative estimate of drug-likeness (QED) is 0.708. The summed E-state index contributed by atoms with van der Waals surface area (Å²) in [7, 11) is 1.67. The molecule has 0 saturated heterocycles. The van der Waals surface area contributed by atoms with Gasteiger partial charge in [-0.1, -0.05) is 12.1 Å². The molecule has 6 heteroatoms. The fourth-order valence-electron chi connectivity index (χ4n) is 3.28. The monoisotopic (exact) mass is 367 g/mol. The summed E-state index contributed by atoms with van der Waals surface area (Å²) in [5, 5.41) is 8.81. The Morgan fingerprint density at radius 1 is 1.27 bits per heavy atom. The first-order valence-corrected chi connectivity index (χ1v) is 9.67. The molecule has 2 aromatic heterocycles. The average molecular weight is 367 g/mol. The Hall–Kier alpha value is -2.60. The van der Waals surface area contributed by atoms with E-state index < -0.39 is 0 Å². The van der Waals surface area contributed by atoms with E-state index in [1.807, 2.05) is 50.7 Å². The maximum Gasteiger partial charge on any atom is 0.227 e. The molecule has 0 bridgehead atoms. The Kier molecular flexibility index (Phi) is 4.75. The van der Waals surface area contributed by atoms with Crippen LogP contribution in [-0.4, -0.2) is 34.2 Å². The van der Waals surface area contributed by atoms with Crippen LogP contribution in [0, 0.1) is 0 Å². The van der Waals surface area contributed by atoms with Crippen molar-refractivity contribution in [3.8, 4) is 17.0 Å². The maximum absolute atomic E-state index is 12.7. The molecule has 134 valence electrons. The fraction of sp³-hybridized carbons (Fsp3) is 0.300. The molecule has 0 atom stereocenters. The van der Waals surface area contributed by atoms with Crippen LogP contribution in [0.5, 0.6) is 5.75 Å². The lowest BCUT2D eigenvalue weighted by Gasteiger charge is -2.19. The van der Waals surface area contributed by atoms with Crippen molar-refractivity contribution in [1.29, 1.82) is 0 Å². The zero-order chi connectivity index (χ0) is 17.9. The first kappa shape index (κ1) is 16.8. The number of benzene rings is 1. The smallest absolute Gasteiger partial charge is 0.227 e. The molecule has 3 aromatic rings. The first-order chi connectivity index (χ1) is 12.7. The minimum atomic E-state index is 0.181. The summed E-state index contributed by atoms with van der Waals surface area (Å²) >= 11 is 1.63. The van der Waals surface area contributed by atoms with Crippen molar-refractivity contribution in [2.45, 2.75) is 25.9 Å². The number of aryl methyl sites for hydroxylation is 1. The van der Waals surface area contributed by atoms with Crippen molar-refractivity contribution in [3.63, 3.8) is 0 Å². The van der Waals surface area contributed by atoms with E-state index in [1.165, 1.54) is 0 Å². The number of thiophene rings is 1. The average Bonchev–Trinajstić information content (AvgIpc) is 3.27. The summed E-state index contributed by atoms with van der Waals surface area (Å²) in [6, 6.07) is 12.0. The zero-order valence-corrected chi connectivity index (χ0v) is 15.5. The molecule has 4 rings (SSSR count). The van der Waals surface area contributed by atoms with Gasteiger partial charge in [-0.05, 0) is 47.0 Å². The van der Waals surface area contributed by atoms with Crippen molar-refractivity contribution in [1.82, 2.24) is 14.7 Å². The van der Waals surface area contributed by atoms with Gasteiger partial charge in [0.15, 0.2) is 0 Å². The Balaban J connectivity index is 1.54. The summed E-state index contributed by atoms with van der Waals surface area (Å²) in [5.41, 5.74) is 4.13. The summed E-state index contributed by atoms with van der Waals surface area (Å²) < 4.78 is 7.34. The van der Waals surface area contributed by atoms with Gasteiger partial charge in [0.25, 0.3) is 0 Å². The highest BCUT2D eigenvalue weighted by molar-refractivity contribution is 7.08. The van der Waals surface area contributed by atoms with Gasteiger partial charge in [0.2, 0.25) is 5.91 Å². The van der Waals surface area contributed by atoms with E-state index in [2.05, 4.69) is 6.07 Å². The highest BCUT2D eigenvalue weighted by Crippen LogP contribution is 2.25. The third-order valence-electron chi connectivity index (χ3n) is 4.67. The second-order valence-electron chi connectivity index (χ2n) is 6.45. The molecule has 0 spiro atoms. The summed E-state index contributed by atoms with van der Waals surface area (Å²) in [5.74, 6) is 0.999. The molecule has 26 heavy (non-hydrogen) atoms. The topological polar surface area (TPSA) is 47.4 Å². The third-order valence-corrected chi connectivity index (χ3v) is 5.40. The van der Waals surface area contributed by atoms with Crippen molar-refractivity contribution >= 4 is 17.2 Å². The number of fused-ring (bicyclic) bond motifs is 1. The highest BCUT2D eigenvalue weighted by Gasteiger charge is 2.21. The second-order valence-corrected chi connectivity index (χ2v) is 7.23. The highest BCUT2D eigenvalue weighted by atomic mass is 32.1. The van der Waals surface area contributed by atoms with Gasteiger partial charge in [-0.2, -0.15) is 16.4 Å². The van der Waals surface area contributed by atoms with Crippen LogP contribution in [0.3, 0.4) is 0 Å². The van der Waals surface area contributed by atoms with Crippen molar-refractivity contribution in [2.75, 3.05) is 13.7 Å². The van der Waals surface area contributed by atoms with Gasteiger partial charge in [-0.15, -0.1) is 0 Å². The minimum absolute atomic E-state index is 0.181. The number of carbonyl (C=O) groups excluding carboxylic acids is 1. The van der Waals surface area contributed by atoms with Crippen LogP contribution in [0.4, 0.5) is 0 Å². The molecule has 1 aliphatic heterocycles. The van der Waals surface area contributed by atoms with Crippen LogP contribution in [0.2, 0.25) is 0 Å². The lowest BCUT2D eigenvalue weighted by Crippen LogP contribution is -2.31. The molecule has 0 aliphatic carbocycles. The number of ether oxygens (including phenoxy) is 1. The Labute approximate surface area is 156 Å². The van der Waals surface area contributed by atoms with Crippen LogP contribution >= 0.6 is 11.3 Å². The third kappa shape index (κ3) is 3.51. The van der Waals surface area contributed by atoms with Gasteiger partial charge in [0.05, 0.1) is 31.5 Å². The molecule has 0 unspecified atom stereocenters. The lowest BCUT2D eigenvalue weighted by molar-refractivity contribution is -0.131. The predicted octanol–water partition coefficient (Wildman–Crippen LogP) is 3.60. The Morgan fingerprint density at radius 3 is 3.00 bits per heavy atom. The number of amides is 1. The first-order valence-electron chi connectivity index (χ1n) is 8.73. The van der Waals surface area contributed by atoms with E-state index in [-0.39, 0.29) is 5.91 Å². The van der Waals surface area contributed by atoms with E-state index in [4.69, 9.17) is 9.84 Å². The van der Waals surface area contributed by atoms with Crippen LogP contribution in [0.25, 0.3) is 11.3 Å². The normalized spacial score (nSPS) is 14.0. The molecule has 0 N–H and O–H groups in total. The van der Waals surface area contributed by atoms with Crippen molar-refractivity contribution in [3.05, 3.63) is 58.4 Å². The number of carbonyl (C=O) groups is 1. The van der Waals surface area contributed by atoms with E-state index in [9.17, 15) is 4.79 Å². The molecule has 5 nitrogen and oxygen atoms in total. The van der Waals surface area contributed by atoms with Gasteiger partial charge in [-0.25, -0.2) is 0 Å².